The van der Waals surface area contributed by atoms with Crippen molar-refractivity contribution in [3.8, 4) is 28.6 Å². The Labute approximate surface area is 197 Å². The lowest BCUT2D eigenvalue weighted by Crippen LogP contribution is -2.22. The normalized spacial score (nSPS) is 11.4. The van der Waals surface area contributed by atoms with Crippen molar-refractivity contribution >= 4 is 16.9 Å². The number of methoxy groups -OCH3 is 1. The molecule has 0 saturated heterocycles. The van der Waals surface area contributed by atoms with Crippen LogP contribution in [0.1, 0.15) is 42.7 Å². The molecule has 0 aliphatic heterocycles. The van der Waals surface area contributed by atoms with Gasteiger partial charge in [-0.05, 0) is 60.5 Å². The summed E-state index contributed by atoms with van der Waals surface area (Å²) in [7, 11) is 1.33. The third-order valence-corrected chi connectivity index (χ3v) is 6.15. The molecule has 1 heterocycles. The van der Waals surface area contributed by atoms with Crippen LogP contribution in [0.2, 0.25) is 0 Å². The molecule has 0 amide bonds. The third-order valence-electron chi connectivity index (χ3n) is 6.15. The molecule has 34 heavy (non-hydrogen) atoms. The maximum Gasteiger partial charge on any atom is 0.337 e. The first-order chi connectivity index (χ1) is 16.3. The SMILES string of the molecule is COC(=O)c1ccc(-c2c(C(C)(C)CCC#N)n(-c3ccc(F)cc3)c3cccc(O)c23)cc1. The van der Waals surface area contributed by atoms with E-state index >= 15 is 0 Å². The Kier molecular flexibility index (Phi) is 6.12. The van der Waals surface area contributed by atoms with Gasteiger partial charge in [-0.25, -0.2) is 9.18 Å². The molecular weight excluding hydrogens is 431 g/mol. The van der Waals surface area contributed by atoms with E-state index in [0.717, 1.165) is 28.0 Å². The van der Waals surface area contributed by atoms with Gasteiger partial charge in [-0.2, -0.15) is 5.26 Å². The second-order valence-electron chi connectivity index (χ2n) is 8.82. The van der Waals surface area contributed by atoms with Crippen LogP contribution >= 0.6 is 0 Å². The molecule has 0 fully saturated rings. The summed E-state index contributed by atoms with van der Waals surface area (Å²) >= 11 is 0. The lowest BCUT2D eigenvalue weighted by Gasteiger charge is -2.28. The maximum absolute atomic E-state index is 13.8. The van der Waals surface area contributed by atoms with E-state index < -0.39 is 11.4 Å². The van der Waals surface area contributed by atoms with Crippen LogP contribution in [0.15, 0.2) is 66.7 Å². The Hall–Kier alpha value is -4.11. The first-order valence-electron chi connectivity index (χ1n) is 11.0. The zero-order chi connectivity index (χ0) is 24.5. The molecule has 0 unspecified atom stereocenters. The molecule has 4 aromatic rings. The minimum absolute atomic E-state index is 0.114. The van der Waals surface area contributed by atoms with Crippen molar-refractivity contribution in [3.63, 3.8) is 0 Å². The Morgan fingerprint density at radius 3 is 2.38 bits per heavy atom. The fourth-order valence-corrected chi connectivity index (χ4v) is 4.48. The van der Waals surface area contributed by atoms with Gasteiger partial charge in [0.2, 0.25) is 0 Å². The number of phenols is 1. The fourth-order valence-electron chi connectivity index (χ4n) is 4.48. The molecule has 0 radical (unpaired) electrons. The van der Waals surface area contributed by atoms with E-state index in [1.54, 1.807) is 36.4 Å². The highest BCUT2D eigenvalue weighted by atomic mass is 19.1. The lowest BCUT2D eigenvalue weighted by atomic mass is 9.80. The highest BCUT2D eigenvalue weighted by Crippen LogP contribution is 2.47. The molecule has 0 aliphatic rings. The van der Waals surface area contributed by atoms with Crippen LogP contribution in [0.4, 0.5) is 4.39 Å². The number of ether oxygens (including phenoxy) is 1. The van der Waals surface area contributed by atoms with E-state index in [-0.39, 0.29) is 11.6 Å². The second-order valence-corrected chi connectivity index (χ2v) is 8.82. The van der Waals surface area contributed by atoms with Crippen molar-refractivity contribution < 1.29 is 19.0 Å². The Morgan fingerprint density at radius 2 is 1.76 bits per heavy atom. The number of nitriles is 1. The number of aromatic nitrogens is 1. The molecule has 0 saturated carbocycles. The molecule has 6 heteroatoms. The number of rotatable bonds is 6. The maximum atomic E-state index is 13.8. The number of hydrogen-bond acceptors (Lipinski definition) is 4. The number of hydrogen-bond donors (Lipinski definition) is 1. The summed E-state index contributed by atoms with van der Waals surface area (Å²) in [5, 5.41) is 20.9. The summed E-state index contributed by atoms with van der Waals surface area (Å²) in [6.07, 6.45) is 0.930. The van der Waals surface area contributed by atoms with Gasteiger partial charge >= 0.3 is 5.97 Å². The van der Waals surface area contributed by atoms with Crippen molar-refractivity contribution in [3.05, 3.63) is 83.8 Å². The van der Waals surface area contributed by atoms with Crippen molar-refractivity contribution in [1.29, 1.82) is 5.26 Å². The number of halogens is 1. The quantitative estimate of drug-likeness (QED) is 0.336. The summed E-state index contributed by atoms with van der Waals surface area (Å²) in [6.45, 7) is 4.11. The van der Waals surface area contributed by atoms with E-state index in [4.69, 9.17) is 4.74 Å². The summed E-state index contributed by atoms with van der Waals surface area (Å²) in [5.74, 6) is -0.660. The summed E-state index contributed by atoms with van der Waals surface area (Å²) in [6, 6.07) is 20.8. The van der Waals surface area contributed by atoms with Crippen molar-refractivity contribution in [2.45, 2.75) is 32.1 Å². The van der Waals surface area contributed by atoms with E-state index in [0.29, 0.717) is 23.8 Å². The van der Waals surface area contributed by atoms with Gasteiger partial charge < -0.3 is 14.4 Å². The Morgan fingerprint density at radius 1 is 1.09 bits per heavy atom. The number of nitrogens with zero attached hydrogens (tertiary/aromatic N) is 2. The minimum atomic E-state index is -0.480. The predicted molar refractivity (Wildman–Crippen MR) is 130 cm³/mol. The lowest BCUT2D eigenvalue weighted by molar-refractivity contribution is 0.0600. The van der Waals surface area contributed by atoms with Crippen LogP contribution < -0.4 is 0 Å². The first kappa shape index (κ1) is 23.1. The molecule has 5 nitrogen and oxygen atoms in total. The highest BCUT2D eigenvalue weighted by Gasteiger charge is 2.32. The monoisotopic (exact) mass is 456 g/mol. The van der Waals surface area contributed by atoms with Crippen LogP contribution in [0, 0.1) is 17.1 Å². The molecule has 1 aromatic heterocycles. The van der Waals surface area contributed by atoms with Gasteiger partial charge in [0.15, 0.2) is 0 Å². The molecule has 172 valence electrons. The number of carbonyl (C=O) groups excluding carboxylic acids is 1. The van der Waals surface area contributed by atoms with E-state index in [1.165, 1.54) is 19.2 Å². The van der Waals surface area contributed by atoms with Gasteiger partial charge in [-0.15, -0.1) is 0 Å². The molecule has 0 spiro atoms. The second kappa shape index (κ2) is 9.03. The number of aromatic hydroxyl groups is 1. The standard InChI is InChI=1S/C28H25FN2O3/c1-28(2,16-5-17-30)26-24(18-8-10-19(11-9-18)27(33)34-3)25-22(6-4-7-23(25)32)31(26)21-14-12-20(29)13-15-21/h4,6-15,32H,5,16H2,1-3H3. The molecule has 0 atom stereocenters. The number of carbonyl (C=O) groups is 1. The fraction of sp³-hybridized carbons (Fsp3) is 0.214. The number of fused-ring (bicyclic) bond motifs is 1. The molecule has 3 aromatic carbocycles. The average Bonchev–Trinajstić information content (AvgIpc) is 3.20. The largest absolute Gasteiger partial charge is 0.507 e. The van der Waals surface area contributed by atoms with Crippen LogP contribution in [0.3, 0.4) is 0 Å². The highest BCUT2D eigenvalue weighted by molar-refractivity contribution is 6.04. The zero-order valence-electron chi connectivity index (χ0n) is 19.3. The minimum Gasteiger partial charge on any atom is -0.507 e. The third kappa shape index (κ3) is 4.01. The molecular formula is C28H25FN2O3. The smallest absolute Gasteiger partial charge is 0.337 e. The van der Waals surface area contributed by atoms with E-state index in [2.05, 4.69) is 19.9 Å². The predicted octanol–water partition coefficient (Wildman–Crippen LogP) is 6.51. The van der Waals surface area contributed by atoms with Gasteiger partial charge in [-0.3, -0.25) is 0 Å². The van der Waals surface area contributed by atoms with Gasteiger partial charge in [0.25, 0.3) is 0 Å². The van der Waals surface area contributed by atoms with Crippen molar-refractivity contribution in [1.82, 2.24) is 4.57 Å². The summed E-state index contributed by atoms with van der Waals surface area (Å²) in [5.41, 5.74) is 3.94. The van der Waals surface area contributed by atoms with Crippen LogP contribution in [0.5, 0.6) is 5.75 Å². The first-order valence-corrected chi connectivity index (χ1v) is 11.0. The number of benzene rings is 3. The Balaban J connectivity index is 2.10. The number of phenolic OH excluding ortho intramolecular Hbond substituents is 1. The van der Waals surface area contributed by atoms with Crippen molar-refractivity contribution in [2.75, 3.05) is 7.11 Å². The van der Waals surface area contributed by atoms with Gasteiger partial charge in [-0.1, -0.05) is 32.0 Å². The average molecular weight is 457 g/mol. The zero-order valence-corrected chi connectivity index (χ0v) is 19.3. The summed E-state index contributed by atoms with van der Waals surface area (Å²) in [4.78, 5) is 12.0. The molecule has 4 rings (SSSR count). The van der Waals surface area contributed by atoms with Crippen LogP contribution in [-0.2, 0) is 10.2 Å². The van der Waals surface area contributed by atoms with Gasteiger partial charge in [0.05, 0.1) is 24.3 Å². The van der Waals surface area contributed by atoms with Crippen molar-refractivity contribution in [2.24, 2.45) is 0 Å². The number of esters is 1. The van der Waals surface area contributed by atoms with Crippen LogP contribution in [0.25, 0.3) is 27.7 Å². The molecule has 1 N–H and O–H groups in total. The van der Waals surface area contributed by atoms with Gasteiger partial charge in [0.1, 0.15) is 11.6 Å². The van der Waals surface area contributed by atoms with Crippen LogP contribution in [-0.4, -0.2) is 22.8 Å². The topological polar surface area (TPSA) is 75.2 Å². The van der Waals surface area contributed by atoms with E-state index in [1.807, 2.05) is 22.8 Å². The Bertz CT molecular complexity index is 1400. The summed E-state index contributed by atoms with van der Waals surface area (Å²) < 4.78 is 20.6. The molecule has 0 bridgehead atoms. The van der Waals surface area contributed by atoms with Gasteiger partial charge in [0, 0.05) is 34.2 Å². The molecule has 0 aliphatic carbocycles. The van der Waals surface area contributed by atoms with E-state index in [9.17, 15) is 19.6 Å².